The maximum absolute atomic E-state index is 12.1. The molecule has 0 radical (unpaired) electrons. The second-order valence-electron chi connectivity index (χ2n) is 5.65. The minimum absolute atomic E-state index is 0.0377. The number of hydrogen-bond donors (Lipinski definition) is 2. The molecule has 1 aromatic carbocycles. The fraction of sp³-hybridized carbons (Fsp3) is 0.421. The van der Waals surface area contributed by atoms with Gasteiger partial charge in [0.25, 0.3) is 5.91 Å². The van der Waals surface area contributed by atoms with Crippen molar-refractivity contribution in [1.29, 1.82) is 5.26 Å². The molecule has 0 unspecified atom stereocenters. The molecule has 0 spiro atoms. The molecule has 0 atom stereocenters. The number of ether oxygens (including phenoxy) is 2. The Hall–Kier alpha value is -2.85. The third-order valence-electron chi connectivity index (χ3n) is 3.18. The van der Waals surface area contributed by atoms with Gasteiger partial charge in [0.05, 0.1) is 18.3 Å². The van der Waals surface area contributed by atoms with E-state index in [1.807, 2.05) is 19.9 Å². The van der Waals surface area contributed by atoms with E-state index >= 15 is 0 Å². The average molecular weight is 359 g/mol. The lowest BCUT2D eigenvalue weighted by Gasteiger charge is -2.08. The van der Waals surface area contributed by atoms with Gasteiger partial charge in [0.15, 0.2) is 0 Å². The summed E-state index contributed by atoms with van der Waals surface area (Å²) in [7, 11) is 0. The molecule has 0 saturated heterocycles. The van der Waals surface area contributed by atoms with Crippen LogP contribution in [-0.2, 0) is 14.3 Å². The zero-order chi connectivity index (χ0) is 19.4. The number of esters is 1. The Morgan fingerprint density at radius 2 is 1.96 bits per heavy atom. The van der Waals surface area contributed by atoms with Gasteiger partial charge < -0.3 is 20.1 Å². The molecular formula is C19H25N3O4. The molecule has 0 bridgehead atoms. The van der Waals surface area contributed by atoms with E-state index in [2.05, 4.69) is 10.6 Å². The van der Waals surface area contributed by atoms with Crippen LogP contribution in [0.25, 0.3) is 0 Å². The van der Waals surface area contributed by atoms with Crippen LogP contribution in [0, 0.1) is 11.3 Å². The lowest BCUT2D eigenvalue weighted by Crippen LogP contribution is -2.18. The number of nitrogens with zero attached hydrogens (tertiary/aromatic N) is 1. The summed E-state index contributed by atoms with van der Waals surface area (Å²) in [5, 5.41) is 14.7. The molecule has 0 heterocycles. The summed E-state index contributed by atoms with van der Waals surface area (Å²) in [5.41, 5.74) is 0.838. The van der Waals surface area contributed by atoms with E-state index in [0.717, 1.165) is 6.42 Å². The van der Waals surface area contributed by atoms with Crippen molar-refractivity contribution in [2.24, 2.45) is 0 Å². The van der Waals surface area contributed by atoms with Gasteiger partial charge in [-0.1, -0.05) is 0 Å². The molecule has 1 aromatic rings. The van der Waals surface area contributed by atoms with Crippen LogP contribution in [-0.4, -0.2) is 37.7 Å². The van der Waals surface area contributed by atoms with E-state index < -0.39 is 11.9 Å². The zero-order valence-corrected chi connectivity index (χ0v) is 15.4. The van der Waals surface area contributed by atoms with Crippen LogP contribution in [0.15, 0.2) is 36.0 Å². The first-order valence-corrected chi connectivity index (χ1v) is 8.51. The summed E-state index contributed by atoms with van der Waals surface area (Å²) in [6.07, 6.45) is 2.34. The predicted octanol–water partition coefficient (Wildman–Crippen LogP) is 2.61. The first kappa shape index (κ1) is 21.2. The summed E-state index contributed by atoms with van der Waals surface area (Å²) in [4.78, 5) is 23.7. The normalized spacial score (nSPS) is 11.0. The molecule has 0 aliphatic rings. The second-order valence-corrected chi connectivity index (χ2v) is 5.65. The summed E-state index contributed by atoms with van der Waals surface area (Å²) in [6, 6.07) is 8.12. The van der Waals surface area contributed by atoms with Gasteiger partial charge in [-0.3, -0.25) is 4.79 Å². The van der Waals surface area contributed by atoms with Crippen LogP contribution >= 0.6 is 0 Å². The third-order valence-corrected chi connectivity index (χ3v) is 3.18. The summed E-state index contributed by atoms with van der Waals surface area (Å²) in [5.74, 6) is -0.948. The number of hydrogen-bond acceptors (Lipinski definition) is 6. The Labute approximate surface area is 154 Å². The van der Waals surface area contributed by atoms with E-state index in [4.69, 9.17) is 14.7 Å². The topological polar surface area (TPSA) is 100 Å². The molecule has 1 amide bonds. The number of carbonyl (C=O) groups excluding carboxylic acids is 2. The number of rotatable bonds is 10. The molecule has 2 N–H and O–H groups in total. The smallest absolute Gasteiger partial charge is 0.338 e. The first-order chi connectivity index (χ1) is 12.5. The van der Waals surface area contributed by atoms with Gasteiger partial charge in [0.1, 0.15) is 11.6 Å². The Morgan fingerprint density at radius 1 is 1.27 bits per heavy atom. The van der Waals surface area contributed by atoms with E-state index in [-0.39, 0.29) is 11.7 Å². The molecule has 7 nitrogen and oxygen atoms in total. The third kappa shape index (κ3) is 7.81. The number of benzene rings is 1. The minimum atomic E-state index is -0.526. The molecule has 1 rings (SSSR count). The van der Waals surface area contributed by atoms with Crippen LogP contribution in [0.5, 0.6) is 0 Å². The molecule has 0 saturated carbocycles. The van der Waals surface area contributed by atoms with Crippen molar-refractivity contribution in [2.75, 3.05) is 25.1 Å². The van der Waals surface area contributed by atoms with Crippen LogP contribution in [0.4, 0.5) is 5.69 Å². The van der Waals surface area contributed by atoms with Crippen molar-refractivity contribution < 1.29 is 19.1 Å². The number of nitrogens with one attached hydrogen (secondary N) is 2. The Kier molecular flexibility index (Phi) is 9.50. The average Bonchev–Trinajstić information content (AvgIpc) is 2.61. The number of carbonyl (C=O) groups is 2. The number of amides is 1. The Morgan fingerprint density at radius 3 is 2.54 bits per heavy atom. The van der Waals surface area contributed by atoms with Crippen molar-refractivity contribution in [2.45, 2.75) is 33.3 Å². The Balaban J connectivity index is 2.52. The highest BCUT2D eigenvalue weighted by Crippen LogP contribution is 2.11. The Bertz CT molecular complexity index is 660. The summed E-state index contributed by atoms with van der Waals surface area (Å²) in [6.45, 7) is 7.16. The predicted molar refractivity (Wildman–Crippen MR) is 98.4 cm³/mol. The van der Waals surface area contributed by atoms with Crippen molar-refractivity contribution in [3.05, 3.63) is 41.6 Å². The van der Waals surface area contributed by atoms with Gasteiger partial charge in [-0.2, -0.15) is 5.26 Å². The maximum Gasteiger partial charge on any atom is 0.338 e. The monoisotopic (exact) mass is 359 g/mol. The number of anilines is 1. The standard InChI is InChI=1S/C19H25N3O4/c1-4-25-19(24)15-6-8-17(9-7-15)22-18(23)16(12-20)13-21-10-5-11-26-14(2)3/h6-9,13-14,21H,4-5,10-11H2,1-3H3,(H,22,23)/b16-13-. The highest BCUT2D eigenvalue weighted by atomic mass is 16.5. The van der Waals surface area contributed by atoms with E-state index in [1.54, 1.807) is 31.2 Å². The summed E-state index contributed by atoms with van der Waals surface area (Å²) < 4.78 is 10.3. The lowest BCUT2D eigenvalue weighted by molar-refractivity contribution is -0.112. The molecule has 140 valence electrons. The maximum atomic E-state index is 12.1. The fourth-order valence-corrected chi connectivity index (χ4v) is 1.92. The molecule has 0 aliphatic heterocycles. The van der Waals surface area contributed by atoms with Gasteiger partial charge in [0, 0.05) is 25.0 Å². The fourth-order valence-electron chi connectivity index (χ4n) is 1.92. The second kappa shape index (κ2) is 11.7. The zero-order valence-electron chi connectivity index (χ0n) is 15.4. The lowest BCUT2D eigenvalue weighted by atomic mass is 10.2. The molecule has 0 fully saturated rings. The molecule has 0 aromatic heterocycles. The van der Waals surface area contributed by atoms with Gasteiger partial charge in [-0.05, 0) is 51.5 Å². The van der Waals surface area contributed by atoms with E-state index in [1.165, 1.54) is 6.20 Å². The highest BCUT2D eigenvalue weighted by Gasteiger charge is 2.10. The number of nitriles is 1. The van der Waals surface area contributed by atoms with E-state index in [9.17, 15) is 9.59 Å². The van der Waals surface area contributed by atoms with Gasteiger partial charge in [-0.15, -0.1) is 0 Å². The van der Waals surface area contributed by atoms with Gasteiger partial charge in [0.2, 0.25) is 0 Å². The molecule has 26 heavy (non-hydrogen) atoms. The van der Waals surface area contributed by atoms with Crippen molar-refractivity contribution in [3.63, 3.8) is 0 Å². The summed E-state index contributed by atoms with van der Waals surface area (Å²) >= 11 is 0. The van der Waals surface area contributed by atoms with Crippen LogP contribution in [0.3, 0.4) is 0 Å². The van der Waals surface area contributed by atoms with Crippen molar-refractivity contribution in [1.82, 2.24) is 5.32 Å². The van der Waals surface area contributed by atoms with E-state index in [0.29, 0.717) is 31.0 Å². The quantitative estimate of drug-likeness (QED) is 0.288. The van der Waals surface area contributed by atoms with Crippen molar-refractivity contribution >= 4 is 17.6 Å². The van der Waals surface area contributed by atoms with Crippen LogP contribution < -0.4 is 10.6 Å². The molecular weight excluding hydrogens is 334 g/mol. The first-order valence-electron chi connectivity index (χ1n) is 8.51. The van der Waals surface area contributed by atoms with Crippen molar-refractivity contribution in [3.8, 4) is 6.07 Å². The minimum Gasteiger partial charge on any atom is -0.462 e. The van der Waals surface area contributed by atoms with Gasteiger partial charge in [-0.25, -0.2) is 4.79 Å². The van der Waals surface area contributed by atoms with Crippen LogP contribution in [0.2, 0.25) is 0 Å². The SMILES string of the molecule is CCOC(=O)c1ccc(NC(=O)/C(C#N)=C\NCCCOC(C)C)cc1. The largest absolute Gasteiger partial charge is 0.462 e. The van der Waals surface area contributed by atoms with Gasteiger partial charge >= 0.3 is 5.97 Å². The highest BCUT2D eigenvalue weighted by molar-refractivity contribution is 6.06. The van der Waals surface area contributed by atoms with Crippen LogP contribution in [0.1, 0.15) is 37.6 Å². The molecule has 0 aliphatic carbocycles. The molecule has 7 heteroatoms.